The van der Waals surface area contributed by atoms with Gasteiger partial charge in [0.1, 0.15) is 5.72 Å². The third kappa shape index (κ3) is 2.22. The fourth-order valence-corrected chi connectivity index (χ4v) is 4.20. The monoisotopic (exact) mass is 253 g/mol. The first-order chi connectivity index (χ1) is 8.39. The zero-order chi connectivity index (χ0) is 13.4. The third-order valence-electron chi connectivity index (χ3n) is 5.57. The molecule has 2 atom stereocenters. The number of rotatable bonds is 2. The van der Waals surface area contributed by atoms with Crippen molar-refractivity contribution in [3.63, 3.8) is 0 Å². The molecule has 1 N–H and O–H groups in total. The molecule has 18 heavy (non-hydrogen) atoms. The summed E-state index contributed by atoms with van der Waals surface area (Å²) in [6.07, 6.45) is 7.28. The summed E-state index contributed by atoms with van der Waals surface area (Å²) < 4.78 is 6.78. The van der Waals surface area contributed by atoms with Crippen LogP contribution in [0.25, 0.3) is 0 Å². The molecule has 0 bridgehead atoms. The minimum absolute atomic E-state index is 0.0286. The first-order valence-electron chi connectivity index (χ1n) is 7.84. The molecule has 1 saturated carbocycles. The van der Waals surface area contributed by atoms with Crippen molar-refractivity contribution in [3.8, 4) is 0 Å². The van der Waals surface area contributed by atoms with Gasteiger partial charge in [-0.2, -0.15) is 0 Å². The molecule has 2 unspecified atom stereocenters. The highest BCUT2D eigenvalue weighted by molar-refractivity contribution is 5.03. The molecule has 1 aliphatic carbocycles. The van der Waals surface area contributed by atoms with Crippen molar-refractivity contribution in [1.29, 1.82) is 0 Å². The third-order valence-corrected chi connectivity index (χ3v) is 5.57. The fraction of sp³-hybridized carbons (Fsp3) is 1.00. The van der Waals surface area contributed by atoms with Gasteiger partial charge in [-0.3, -0.25) is 5.32 Å². The van der Waals surface area contributed by atoms with E-state index in [1.807, 2.05) is 0 Å². The Morgan fingerprint density at radius 1 is 1.22 bits per heavy atom. The van der Waals surface area contributed by atoms with E-state index in [0.717, 1.165) is 25.3 Å². The molecule has 0 amide bonds. The van der Waals surface area contributed by atoms with Crippen molar-refractivity contribution >= 4 is 0 Å². The normalized spacial score (nSPS) is 38.8. The second kappa shape index (κ2) is 4.79. The molecule has 2 nitrogen and oxygen atoms in total. The number of nitrogens with one attached hydrogen (secondary N) is 1. The highest BCUT2D eigenvalue weighted by Gasteiger charge is 2.54. The topological polar surface area (TPSA) is 21.3 Å². The van der Waals surface area contributed by atoms with Crippen molar-refractivity contribution in [2.75, 3.05) is 6.54 Å². The quantitative estimate of drug-likeness (QED) is 0.800. The van der Waals surface area contributed by atoms with Crippen LogP contribution >= 0.6 is 0 Å². The van der Waals surface area contributed by atoms with E-state index in [4.69, 9.17) is 4.74 Å². The van der Waals surface area contributed by atoms with Gasteiger partial charge in [0.15, 0.2) is 0 Å². The van der Waals surface area contributed by atoms with Gasteiger partial charge in [-0.05, 0) is 38.0 Å². The van der Waals surface area contributed by atoms with Crippen LogP contribution in [0.4, 0.5) is 0 Å². The molecule has 2 fully saturated rings. The van der Waals surface area contributed by atoms with E-state index in [-0.39, 0.29) is 16.7 Å². The SMILES string of the molecule is CCC1(CC)OC2(CCCC(C)C2)NCC1(C)C. The summed E-state index contributed by atoms with van der Waals surface area (Å²) >= 11 is 0. The minimum Gasteiger partial charge on any atom is -0.354 e. The van der Waals surface area contributed by atoms with Crippen molar-refractivity contribution in [2.45, 2.75) is 84.5 Å². The maximum atomic E-state index is 6.78. The minimum atomic E-state index is -0.0286. The van der Waals surface area contributed by atoms with Crippen LogP contribution in [0.3, 0.4) is 0 Å². The van der Waals surface area contributed by atoms with Gasteiger partial charge in [-0.25, -0.2) is 0 Å². The van der Waals surface area contributed by atoms with Gasteiger partial charge < -0.3 is 4.74 Å². The Balaban J connectivity index is 2.23. The van der Waals surface area contributed by atoms with Crippen LogP contribution in [0, 0.1) is 11.3 Å². The van der Waals surface area contributed by atoms with Gasteiger partial charge in [0.25, 0.3) is 0 Å². The molecule has 1 spiro atoms. The summed E-state index contributed by atoms with van der Waals surface area (Å²) in [6.45, 7) is 12.7. The molecule has 2 heteroatoms. The number of hydrogen-bond acceptors (Lipinski definition) is 2. The van der Waals surface area contributed by atoms with E-state index in [9.17, 15) is 0 Å². The Morgan fingerprint density at radius 3 is 2.44 bits per heavy atom. The maximum absolute atomic E-state index is 6.78. The summed E-state index contributed by atoms with van der Waals surface area (Å²) in [6, 6.07) is 0. The van der Waals surface area contributed by atoms with Crippen molar-refractivity contribution in [1.82, 2.24) is 5.32 Å². The van der Waals surface area contributed by atoms with Crippen LogP contribution in [0.15, 0.2) is 0 Å². The Kier molecular flexibility index (Phi) is 3.81. The molecule has 0 aromatic carbocycles. The first kappa shape index (κ1) is 14.3. The van der Waals surface area contributed by atoms with Crippen LogP contribution in [0.1, 0.15) is 73.1 Å². The van der Waals surface area contributed by atoms with Crippen LogP contribution in [0.5, 0.6) is 0 Å². The van der Waals surface area contributed by atoms with Gasteiger partial charge in [0.05, 0.1) is 5.60 Å². The van der Waals surface area contributed by atoms with Crippen LogP contribution < -0.4 is 5.32 Å². The Labute approximate surface area is 113 Å². The van der Waals surface area contributed by atoms with E-state index < -0.39 is 0 Å². The highest BCUT2D eigenvalue weighted by Crippen LogP contribution is 2.49. The molecule has 1 heterocycles. The van der Waals surface area contributed by atoms with Crippen LogP contribution in [0.2, 0.25) is 0 Å². The summed E-state index contributed by atoms with van der Waals surface area (Å²) in [7, 11) is 0. The second-order valence-corrected chi connectivity index (χ2v) is 7.24. The lowest BCUT2D eigenvalue weighted by Crippen LogP contribution is -2.68. The van der Waals surface area contributed by atoms with E-state index >= 15 is 0 Å². The molecule has 2 rings (SSSR count). The predicted octanol–water partition coefficient (Wildman–Crippen LogP) is 4.10. The van der Waals surface area contributed by atoms with Gasteiger partial charge in [0.2, 0.25) is 0 Å². The van der Waals surface area contributed by atoms with Crippen molar-refractivity contribution in [3.05, 3.63) is 0 Å². The lowest BCUT2D eigenvalue weighted by atomic mass is 9.68. The summed E-state index contributed by atoms with van der Waals surface area (Å²) in [5.74, 6) is 0.791. The Morgan fingerprint density at radius 2 is 1.89 bits per heavy atom. The van der Waals surface area contributed by atoms with E-state index in [2.05, 4.69) is 39.9 Å². The fourth-order valence-electron chi connectivity index (χ4n) is 4.20. The summed E-state index contributed by atoms with van der Waals surface area (Å²) in [4.78, 5) is 0. The maximum Gasteiger partial charge on any atom is 0.120 e. The Bertz CT molecular complexity index is 295. The zero-order valence-electron chi connectivity index (χ0n) is 12.9. The molecule has 2 aliphatic rings. The zero-order valence-corrected chi connectivity index (χ0v) is 12.9. The summed E-state index contributed by atoms with van der Waals surface area (Å²) in [5, 5.41) is 3.76. The number of ether oxygens (including phenoxy) is 1. The van der Waals surface area contributed by atoms with E-state index in [0.29, 0.717) is 0 Å². The molecule has 106 valence electrons. The largest absolute Gasteiger partial charge is 0.354 e. The molecule has 1 saturated heterocycles. The molecular weight excluding hydrogens is 222 g/mol. The van der Waals surface area contributed by atoms with E-state index in [1.54, 1.807) is 0 Å². The van der Waals surface area contributed by atoms with Crippen molar-refractivity contribution < 1.29 is 4.74 Å². The molecular formula is C16H31NO. The van der Waals surface area contributed by atoms with Crippen LogP contribution in [-0.2, 0) is 4.74 Å². The van der Waals surface area contributed by atoms with Crippen LogP contribution in [-0.4, -0.2) is 17.9 Å². The first-order valence-corrected chi connectivity index (χ1v) is 7.84. The highest BCUT2D eigenvalue weighted by atomic mass is 16.5. The van der Waals surface area contributed by atoms with Gasteiger partial charge in [0, 0.05) is 12.0 Å². The number of hydrogen-bond donors (Lipinski definition) is 1. The molecule has 0 aromatic heterocycles. The molecule has 0 aromatic rings. The van der Waals surface area contributed by atoms with E-state index in [1.165, 1.54) is 25.7 Å². The van der Waals surface area contributed by atoms with Gasteiger partial charge >= 0.3 is 0 Å². The Hall–Kier alpha value is -0.0800. The predicted molar refractivity (Wildman–Crippen MR) is 76.5 cm³/mol. The van der Waals surface area contributed by atoms with Crippen molar-refractivity contribution in [2.24, 2.45) is 11.3 Å². The average Bonchev–Trinajstić information content (AvgIpc) is 2.33. The second-order valence-electron chi connectivity index (χ2n) is 7.24. The molecule has 0 radical (unpaired) electrons. The lowest BCUT2D eigenvalue weighted by molar-refractivity contribution is -0.267. The standard InChI is InChI=1S/C16H31NO/c1-6-15(7-2)14(4,5)12-17-16(18-15)10-8-9-13(3)11-16/h13,17H,6-12H2,1-5H3. The summed E-state index contributed by atoms with van der Waals surface area (Å²) in [5.41, 5.74) is 0.247. The molecule has 1 aliphatic heterocycles. The smallest absolute Gasteiger partial charge is 0.120 e. The van der Waals surface area contributed by atoms with Gasteiger partial charge in [-0.1, -0.05) is 41.0 Å². The average molecular weight is 253 g/mol. The van der Waals surface area contributed by atoms with Gasteiger partial charge in [-0.15, -0.1) is 0 Å². The lowest BCUT2D eigenvalue weighted by Gasteiger charge is -2.58.